The maximum Gasteiger partial charge on any atom is 0.344 e. The highest BCUT2D eigenvalue weighted by Gasteiger charge is 2.43. The van der Waals surface area contributed by atoms with Gasteiger partial charge in [-0.25, -0.2) is 14.5 Å². The van der Waals surface area contributed by atoms with Crippen molar-refractivity contribution < 1.29 is 14.3 Å². The molecule has 3 heterocycles. The largest absolute Gasteiger partial charge is 0.492 e. The summed E-state index contributed by atoms with van der Waals surface area (Å²) in [5, 5.41) is 5.22. The summed E-state index contributed by atoms with van der Waals surface area (Å²) in [7, 11) is 0. The molecule has 0 radical (unpaired) electrons. The van der Waals surface area contributed by atoms with Gasteiger partial charge < -0.3 is 9.47 Å². The zero-order chi connectivity index (χ0) is 16.6. The molecule has 124 valence electrons. The summed E-state index contributed by atoms with van der Waals surface area (Å²) in [6.45, 7) is 9.05. The van der Waals surface area contributed by atoms with Crippen molar-refractivity contribution in [3.63, 3.8) is 0 Å². The number of unbranched alkanes of at least 4 members (excludes halogenated alkanes) is 2. The highest BCUT2D eigenvalue weighted by Crippen LogP contribution is 2.42. The van der Waals surface area contributed by atoms with Gasteiger partial charge in [0.15, 0.2) is 5.65 Å². The Hall–Kier alpha value is -2.11. The number of rotatable bonds is 6. The zero-order valence-electron chi connectivity index (χ0n) is 14.2. The van der Waals surface area contributed by atoms with Crippen LogP contribution >= 0.6 is 0 Å². The topological polar surface area (TPSA) is 66.2 Å². The number of hydrogen-bond acceptors (Lipinski definition) is 5. The summed E-state index contributed by atoms with van der Waals surface area (Å²) < 4.78 is 13.1. The number of fused-ring (bicyclic) bond motifs is 2. The van der Waals surface area contributed by atoms with Gasteiger partial charge in [0.05, 0.1) is 18.2 Å². The molecule has 0 saturated carbocycles. The number of pyridine rings is 1. The fraction of sp³-hybridized carbons (Fsp3) is 0.588. The molecule has 0 spiro atoms. The fourth-order valence-corrected chi connectivity index (χ4v) is 2.99. The predicted molar refractivity (Wildman–Crippen MR) is 86.7 cm³/mol. The molecule has 0 aromatic carbocycles. The van der Waals surface area contributed by atoms with E-state index in [1.54, 1.807) is 6.20 Å². The molecule has 0 aliphatic carbocycles. The van der Waals surface area contributed by atoms with Crippen LogP contribution < -0.4 is 4.74 Å². The Morgan fingerprint density at radius 2 is 2.09 bits per heavy atom. The van der Waals surface area contributed by atoms with E-state index in [1.807, 2.05) is 25.5 Å². The SMILES string of the molecule is CCCCCn1ncc2c(OCC)c3c(nc21)C(C)(C)OC3=O. The zero-order valence-corrected chi connectivity index (χ0v) is 14.2. The Morgan fingerprint density at radius 3 is 2.78 bits per heavy atom. The predicted octanol–water partition coefficient (Wildman–Crippen LogP) is 3.43. The number of nitrogens with zero attached hydrogens (tertiary/aromatic N) is 3. The molecule has 0 N–H and O–H groups in total. The molecule has 23 heavy (non-hydrogen) atoms. The van der Waals surface area contributed by atoms with Crippen LogP contribution in [0.25, 0.3) is 11.0 Å². The molecule has 6 nitrogen and oxygen atoms in total. The van der Waals surface area contributed by atoms with E-state index < -0.39 is 5.60 Å². The average molecular weight is 317 g/mol. The molecule has 6 heteroatoms. The number of carbonyl (C=O) groups is 1. The van der Waals surface area contributed by atoms with E-state index in [9.17, 15) is 4.79 Å². The lowest BCUT2D eigenvalue weighted by molar-refractivity contribution is 0.00827. The van der Waals surface area contributed by atoms with Gasteiger partial charge in [-0.15, -0.1) is 0 Å². The average Bonchev–Trinajstić information content (AvgIpc) is 2.99. The van der Waals surface area contributed by atoms with Gasteiger partial charge >= 0.3 is 5.97 Å². The van der Waals surface area contributed by atoms with Gasteiger partial charge in [0.2, 0.25) is 0 Å². The highest BCUT2D eigenvalue weighted by molar-refractivity contribution is 6.02. The number of ether oxygens (including phenoxy) is 2. The minimum absolute atomic E-state index is 0.374. The first-order valence-corrected chi connectivity index (χ1v) is 8.25. The Morgan fingerprint density at radius 1 is 1.30 bits per heavy atom. The Labute approximate surface area is 135 Å². The van der Waals surface area contributed by atoms with Crippen molar-refractivity contribution in [2.45, 2.75) is 59.1 Å². The number of aryl methyl sites for hydroxylation is 1. The number of cyclic esters (lactones) is 1. The minimum atomic E-state index is -0.745. The summed E-state index contributed by atoms with van der Waals surface area (Å²) in [5.74, 6) is 0.173. The van der Waals surface area contributed by atoms with E-state index in [1.165, 1.54) is 0 Å². The molecule has 3 rings (SSSR count). The lowest BCUT2D eigenvalue weighted by Gasteiger charge is -2.17. The number of aromatic nitrogens is 3. The second-order valence-corrected chi connectivity index (χ2v) is 6.31. The molecule has 0 unspecified atom stereocenters. The molecular formula is C17H23N3O3. The summed E-state index contributed by atoms with van der Waals surface area (Å²) in [6.07, 6.45) is 5.09. The van der Waals surface area contributed by atoms with E-state index in [0.717, 1.165) is 36.8 Å². The first-order valence-electron chi connectivity index (χ1n) is 8.25. The third-order valence-electron chi connectivity index (χ3n) is 4.12. The Kier molecular flexibility index (Phi) is 4.00. The smallest absolute Gasteiger partial charge is 0.344 e. The van der Waals surface area contributed by atoms with Crippen molar-refractivity contribution in [1.82, 2.24) is 14.8 Å². The van der Waals surface area contributed by atoms with Crippen LogP contribution in [0.15, 0.2) is 6.20 Å². The van der Waals surface area contributed by atoms with Gasteiger partial charge in [-0.05, 0) is 27.2 Å². The second-order valence-electron chi connectivity index (χ2n) is 6.31. The summed E-state index contributed by atoms with van der Waals surface area (Å²) in [5.41, 5.74) is 1.09. The summed E-state index contributed by atoms with van der Waals surface area (Å²) in [4.78, 5) is 17.0. The van der Waals surface area contributed by atoms with Gasteiger partial charge in [0.1, 0.15) is 22.6 Å². The lowest BCUT2D eigenvalue weighted by atomic mass is 10.0. The van der Waals surface area contributed by atoms with Crippen molar-refractivity contribution in [2.24, 2.45) is 0 Å². The quantitative estimate of drug-likeness (QED) is 0.603. The van der Waals surface area contributed by atoms with Crippen molar-refractivity contribution >= 4 is 17.0 Å². The van der Waals surface area contributed by atoms with Crippen LogP contribution in [0.5, 0.6) is 5.75 Å². The third kappa shape index (κ3) is 2.56. The normalized spacial score (nSPS) is 15.7. The molecule has 2 aromatic heterocycles. The summed E-state index contributed by atoms with van der Waals surface area (Å²) in [6, 6.07) is 0. The molecule has 1 aliphatic heterocycles. The fourth-order valence-electron chi connectivity index (χ4n) is 2.99. The minimum Gasteiger partial charge on any atom is -0.492 e. The first-order chi connectivity index (χ1) is 11.0. The van der Waals surface area contributed by atoms with Gasteiger partial charge in [-0.1, -0.05) is 19.8 Å². The molecule has 0 saturated heterocycles. The van der Waals surface area contributed by atoms with Gasteiger partial charge in [0.25, 0.3) is 0 Å². The Bertz CT molecular complexity index is 749. The van der Waals surface area contributed by atoms with E-state index in [2.05, 4.69) is 12.0 Å². The molecule has 0 amide bonds. The molecular weight excluding hydrogens is 294 g/mol. The van der Waals surface area contributed by atoms with Crippen LogP contribution in [-0.2, 0) is 16.9 Å². The van der Waals surface area contributed by atoms with Crippen LogP contribution in [0.2, 0.25) is 0 Å². The summed E-state index contributed by atoms with van der Waals surface area (Å²) >= 11 is 0. The Balaban J connectivity index is 2.16. The van der Waals surface area contributed by atoms with Crippen LogP contribution in [0.4, 0.5) is 0 Å². The van der Waals surface area contributed by atoms with E-state index in [4.69, 9.17) is 14.5 Å². The molecule has 2 aromatic rings. The number of carbonyl (C=O) groups excluding carboxylic acids is 1. The van der Waals surface area contributed by atoms with E-state index in [0.29, 0.717) is 23.6 Å². The number of hydrogen-bond donors (Lipinski definition) is 0. The standard InChI is InChI=1S/C17H23N3O3/c1-5-7-8-9-20-15-11(10-18-20)13(22-6-2)12-14(19-15)17(3,4)23-16(12)21/h10H,5-9H2,1-4H3. The van der Waals surface area contributed by atoms with Crippen molar-refractivity contribution in [3.8, 4) is 5.75 Å². The van der Waals surface area contributed by atoms with Gasteiger partial charge in [-0.3, -0.25) is 0 Å². The maximum absolute atomic E-state index is 12.3. The van der Waals surface area contributed by atoms with Crippen LogP contribution in [0.1, 0.15) is 63.0 Å². The van der Waals surface area contributed by atoms with Crippen molar-refractivity contribution in [3.05, 3.63) is 17.5 Å². The molecule has 0 bridgehead atoms. The third-order valence-corrected chi connectivity index (χ3v) is 4.12. The number of esters is 1. The van der Waals surface area contributed by atoms with E-state index >= 15 is 0 Å². The molecule has 0 fully saturated rings. The molecule has 1 aliphatic rings. The van der Waals surface area contributed by atoms with Crippen LogP contribution in [0.3, 0.4) is 0 Å². The second kappa shape index (κ2) is 5.83. The first kappa shape index (κ1) is 15.8. The van der Waals surface area contributed by atoms with Crippen molar-refractivity contribution in [2.75, 3.05) is 6.61 Å². The highest BCUT2D eigenvalue weighted by atomic mass is 16.6. The van der Waals surface area contributed by atoms with Crippen molar-refractivity contribution in [1.29, 1.82) is 0 Å². The lowest BCUT2D eigenvalue weighted by Crippen LogP contribution is -2.18. The van der Waals surface area contributed by atoms with Crippen LogP contribution in [0, 0.1) is 0 Å². The van der Waals surface area contributed by atoms with E-state index in [-0.39, 0.29) is 5.97 Å². The van der Waals surface area contributed by atoms with Crippen LogP contribution in [-0.4, -0.2) is 27.3 Å². The monoisotopic (exact) mass is 317 g/mol. The maximum atomic E-state index is 12.3. The van der Waals surface area contributed by atoms with Gasteiger partial charge in [-0.2, -0.15) is 5.10 Å². The molecule has 0 atom stereocenters. The van der Waals surface area contributed by atoms with Gasteiger partial charge in [0, 0.05) is 6.54 Å².